The Balaban J connectivity index is 1.20. The van der Waals surface area contributed by atoms with Crippen molar-refractivity contribution in [1.29, 1.82) is 5.26 Å². The van der Waals surface area contributed by atoms with E-state index < -0.39 is 0 Å². The number of hydrogen-bond donors (Lipinski definition) is 0. The van der Waals surface area contributed by atoms with Crippen LogP contribution in [-0.2, 0) is 17.8 Å². The molecule has 0 N–H and O–H groups in total. The zero-order valence-electron chi connectivity index (χ0n) is 27.6. The van der Waals surface area contributed by atoms with Gasteiger partial charge in [0, 0.05) is 60.8 Å². The summed E-state index contributed by atoms with van der Waals surface area (Å²) in [6.07, 6.45) is 7.07. The van der Waals surface area contributed by atoms with Crippen molar-refractivity contribution in [2.45, 2.75) is 71.0 Å². The first-order valence-electron chi connectivity index (χ1n) is 17.0. The highest BCUT2D eigenvalue weighted by molar-refractivity contribution is 5.97. The number of hydrogen-bond acceptors (Lipinski definition) is 8. The number of ether oxygens (including phenoxy) is 1. The number of anilines is 2. The number of nitriles is 1. The van der Waals surface area contributed by atoms with Crippen molar-refractivity contribution in [2.75, 3.05) is 55.7 Å². The minimum absolute atomic E-state index is 0.142. The second-order valence-corrected chi connectivity index (χ2v) is 13.9. The number of likely N-dealkylation sites (tertiary alicyclic amines) is 1. The SMILES string of the molecule is C=CC(=O)N1CCN(c2nc(OCC3(CN4CCC[C@@H]4C)CC3)nc3c2CCN(c2cccc4ccc(F)c(C)c24)C3)C[C@@H]1CC#N. The number of nitrogens with zero attached hydrogens (tertiary/aromatic N) is 7. The number of piperazine rings is 1. The van der Waals surface area contributed by atoms with Crippen LogP contribution >= 0.6 is 0 Å². The largest absolute Gasteiger partial charge is 0.463 e. The van der Waals surface area contributed by atoms with E-state index in [4.69, 9.17) is 14.7 Å². The van der Waals surface area contributed by atoms with E-state index in [-0.39, 0.29) is 29.6 Å². The highest BCUT2D eigenvalue weighted by atomic mass is 19.1. The van der Waals surface area contributed by atoms with Crippen molar-refractivity contribution < 1.29 is 13.9 Å². The van der Waals surface area contributed by atoms with Gasteiger partial charge in [-0.05, 0) is 81.7 Å². The second kappa shape index (κ2) is 12.8. The maximum Gasteiger partial charge on any atom is 0.318 e. The van der Waals surface area contributed by atoms with Crippen LogP contribution in [0.1, 0.15) is 55.8 Å². The molecule has 9 nitrogen and oxygen atoms in total. The van der Waals surface area contributed by atoms with Crippen LogP contribution in [0.3, 0.4) is 0 Å². The lowest BCUT2D eigenvalue weighted by Crippen LogP contribution is -2.55. The molecule has 3 aliphatic heterocycles. The van der Waals surface area contributed by atoms with E-state index in [2.05, 4.69) is 40.3 Å². The van der Waals surface area contributed by atoms with Crippen molar-refractivity contribution in [3.05, 3.63) is 65.6 Å². The molecule has 2 saturated heterocycles. The number of aryl methyl sites for hydroxylation is 1. The van der Waals surface area contributed by atoms with Crippen LogP contribution in [-0.4, -0.2) is 83.6 Å². The van der Waals surface area contributed by atoms with Crippen LogP contribution in [0.25, 0.3) is 10.8 Å². The number of amides is 1. The van der Waals surface area contributed by atoms with E-state index in [1.54, 1.807) is 4.90 Å². The normalized spacial score (nSPS) is 22.2. The van der Waals surface area contributed by atoms with Gasteiger partial charge in [-0.1, -0.05) is 24.8 Å². The fraction of sp³-hybridized carbons (Fsp3) is 0.514. The Hall–Kier alpha value is -4.23. The Bertz CT molecular complexity index is 1730. The first-order valence-corrected chi connectivity index (χ1v) is 17.0. The Morgan fingerprint density at radius 2 is 2.02 bits per heavy atom. The first kappa shape index (κ1) is 31.4. The van der Waals surface area contributed by atoms with Crippen LogP contribution in [0.5, 0.6) is 6.01 Å². The lowest BCUT2D eigenvalue weighted by molar-refractivity contribution is -0.128. The van der Waals surface area contributed by atoms with Gasteiger partial charge in [0.15, 0.2) is 0 Å². The summed E-state index contributed by atoms with van der Waals surface area (Å²) in [6, 6.07) is 12.5. The predicted molar refractivity (Wildman–Crippen MR) is 181 cm³/mol. The zero-order chi connectivity index (χ0) is 32.7. The monoisotopic (exact) mass is 637 g/mol. The third kappa shape index (κ3) is 6.14. The van der Waals surface area contributed by atoms with Gasteiger partial charge in [-0.3, -0.25) is 9.69 Å². The summed E-state index contributed by atoms with van der Waals surface area (Å²) in [7, 11) is 0. The molecule has 1 aromatic heterocycles. The van der Waals surface area contributed by atoms with Crippen LogP contribution < -0.4 is 14.5 Å². The Kier molecular flexibility index (Phi) is 8.52. The summed E-state index contributed by atoms with van der Waals surface area (Å²) < 4.78 is 21.3. The van der Waals surface area contributed by atoms with Gasteiger partial charge in [-0.2, -0.15) is 15.2 Å². The van der Waals surface area contributed by atoms with Crippen molar-refractivity contribution in [3.63, 3.8) is 0 Å². The molecule has 0 unspecified atom stereocenters. The molecule has 246 valence electrons. The lowest BCUT2D eigenvalue weighted by atomic mass is 9.99. The fourth-order valence-electron chi connectivity index (χ4n) is 7.83. The molecule has 2 aromatic carbocycles. The number of halogens is 1. The molecule has 47 heavy (non-hydrogen) atoms. The summed E-state index contributed by atoms with van der Waals surface area (Å²) >= 11 is 0. The Morgan fingerprint density at radius 3 is 2.77 bits per heavy atom. The van der Waals surface area contributed by atoms with E-state index >= 15 is 0 Å². The van der Waals surface area contributed by atoms with E-state index in [0.29, 0.717) is 56.8 Å². The van der Waals surface area contributed by atoms with Gasteiger partial charge in [-0.15, -0.1) is 0 Å². The summed E-state index contributed by atoms with van der Waals surface area (Å²) in [5.74, 6) is 0.468. The van der Waals surface area contributed by atoms with Crippen LogP contribution in [0.2, 0.25) is 0 Å². The predicted octanol–water partition coefficient (Wildman–Crippen LogP) is 5.40. The average Bonchev–Trinajstić information content (AvgIpc) is 3.75. The molecular weight excluding hydrogens is 593 g/mol. The molecule has 7 rings (SSSR count). The average molecular weight is 638 g/mol. The van der Waals surface area contributed by atoms with Crippen LogP contribution in [0.4, 0.5) is 15.9 Å². The molecule has 1 aliphatic carbocycles. The molecule has 0 bridgehead atoms. The number of carbonyl (C=O) groups excluding carboxylic acids is 1. The number of aromatic nitrogens is 2. The van der Waals surface area contributed by atoms with Gasteiger partial charge in [0.1, 0.15) is 11.6 Å². The molecule has 3 aromatic rings. The molecule has 0 spiro atoms. The fourth-order valence-corrected chi connectivity index (χ4v) is 7.83. The van der Waals surface area contributed by atoms with Crippen molar-refractivity contribution in [2.24, 2.45) is 5.41 Å². The summed E-state index contributed by atoms with van der Waals surface area (Å²) in [5.41, 5.74) is 3.76. The highest BCUT2D eigenvalue weighted by Crippen LogP contribution is 2.47. The van der Waals surface area contributed by atoms with Crippen LogP contribution in [0.15, 0.2) is 43.0 Å². The van der Waals surface area contributed by atoms with Crippen LogP contribution in [0, 0.1) is 29.5 Å². The van der Waals surface area contributed by atoms with Gasteiger partial charge in [0.2, 0.25) is 5.91 Å². The number of fused-ring (bicyclic) bond motifs is 2. The first-order chi connectivity index (χ1) is 22.8. The van der Waals surface area contributed by atoms with Gasteiger partial charge >= 0.3 is 6.01 Å². The summed E-state index contributed by atoms with van der Waals surface area (Å²) in [4.78, 5) is 31.5. The molecule has 3 fully saturated rings. The van der Waals surface area contributed by atoms with Crippen molar-refractivity contribution in [1.82, 2.24) is 19.8 Å². The van der Waals surface area contributed by atoms with E-state index in [1.165, 1.54) is 25.0 Å². The van der Waals surface area contributed by atoms with Gasteiger partial charge < -0.3 is 19.4 Å². The molecule has 4 aliphatic rings. The Morgan fingerprint density at radius 1 is 1.17 bits per heavy atom. The zero-order valence-corrected chi connectivity index (χ0v) is 27.6. The van der Waals surface area contributed by atoms with Gasteiger partial charge in [-0.25, -0.2) is 4.39 Å². The minimum Gasteiger partial charge on any atom is -0.463 e. The number of benzene rings is 2. The Labute approximate surface area is 276 Å². The van der Waals surface area contributed by atoms with Crippen molar-refractivity contribution in [3.8, 4) is 12.1 Å². The quantitative estimate of drug-likeness (QED) is 0.288. The third-order valence-corrected chi connectivity index (χ3v) is 10.8. The topological polar surface area (TPSA) is 88.8 Å². The van der Waals surface area contributed by atoms with Gasteiger partial charge in [0.05, 0.1) is 37.4 Å². The number of carbonyl (C=O) groups is 1. The molecule has 1 amide bonds. The molecule has 0 radical (unpaired) electrons. The van der Waals surface area contributed by atoms with E-state index in [1.807, 2.05) is 25.1 Å². The van der Waals surface area contributed by atoms with E-state index in [9.17, 15) is 14.4 Å². The molecular formula is C37H44FN7O2. The standard InChI is InChI=1S/C37H44FN7O2/c1-4-33(46)45-20-19-43(21-28(45)12-16-39)35-29-13-18-42(32-9-5-8-27-10-11-30(38)26(3)34(27)32)22-31(29)40-36(41-35)47-24-37(14-15-37)23-44-17-6-7-25(44)2/h4-5,8-11,25,28H,1,6-7,12-15,17-24H2,2-3H3/t25-,28-/m0/s1. The molecule has 2 atom stereocenters. The summed E-state index contributed by atoms with van der Waals surface area (Å²) in [6.45, 7) is 13.5. The number of rotatable bonds is 9. The molecule has 1 saturated carbocycles. The maximum absolute atomic E-state index is 14.8. The maximum atomic E-state index is 14.8. The molecule has 4 heterocycles. The van der Waals surface area contributed by atoms with E-state index in [0.717, 1.165) is 66.0 Å². The third-order valence-electron chi connectivity index (χ3n) is 10.8. The second-order valence-electron chi connectivity index (χ2n) is 13.9. The summed E-state index contributed by atoms with van der Waals surface area (Å²) in [5, 5.41) is 11.5. The van der Waals surface area contributed by atoms with Gasteiger partial charge in [0.25, 0.3) is 0 Å². The lowest BCUT2D eigenvalue weighted by Gasteiger charge is -2.42. The molecule has 10 heteroatoms. The highest BCUT2D eigenvalue weighted by Gasteiger charge is 2.46. The minimum atomic E-state index is -0.264. The van der Waals surface area contributed by atoms with Crippen molar-refractivity contribution >= 4 is 28.2 Å². The smallest absolute Gasteiger partial charge is 0.318 e.